The Kier molecular flexibility index (Phi) is 9.09. The second-order valence-electron chi connectivity index (χ2n) is 9.31. The minimum Gasteiger partial charge on any atom is -0.497 e. The lowest BCUT2D eigenvalue weighted by molar-refractivity contribution is 0.0951. The van der Waals surface area contributed by atoms with Crippen molar-refractivity contribution in [3.05, 3.63) is 63.9 Å². The van der Waals surface area contributed by atoms with Crippen LogP contribution in [0.15, 0.2) is 52.4 Å². The van der Waals surface area contributed by atoms with Gasteiger partial charge in [-0.1, -0.05) is 39.5 Å². The normalized spacial score (nSPS) is 11.3. The van der Waals surface area contributed by atoms with Crippen LogP contribution in [0.3, 0.4) is 0 Å². The summed E-state index contributed by atoms with van der Waals surface area (Å²) in [5, 5.41) is 3.84. The number of carbonyl (C=O) groups excluding carboxylic acids is 2. The molecule has 0 aliphatic heterocycles. The van der Waals surface area contributed by atoms with Gasteiger partial charge in [0, 0.05) is 24.2 Å². The van der Waals surface area contributed by atoms with Crippen LogP contribution >= 0.6 is 11.8 Å². The number of thioether (sulfide) groups is 1. The van der Waals surface area contributed by atoms with Gasteiger partial charge >= 0.3 is 0 Å². The smallest absolute Gasteiger partial charge is 0.262 e. The fourth-order valence-corrected chi connectivity index (χ4v) is 4.45. The quantitative estimate of drug-likeness (QED) is 0.233. The zero-order chi connectivity index (χ0) is 25.5. The Balaban J connectivity index is 1.89. The van der Waals surface area contributed by atoms with Gasteiger partial charge in [-0.25, -0.2) is 4.98 Å². The first-order chi connectivity index (χ1) is 16.7. The van der Waals surface area contributed by atoms with Crippen LogP contribution in [0.1, 0.15) is 54.8 Å². The first kappa shape index (κ1) is 26.5. The number of Topliss-reactive ketones (excluding diaryl/α,β-unsaturated/α-hetero) is 1. The second-order valence-corrected chi connectivity index (χ2v) is 10.3. The van der Waals surface area contributed by atoms with Crippen molar-refractivity contribution in [2.24, 2.45) is 11.8 Å². The van der Waals surface area contributed by atoms with Crippen LogP contribution in [0.4, 0.5) is 0 Å². The molecule has 0 aliphatic rings. The lowest BCUT2D eigenvalue weighted by Crippen LogP contribution is -2.27. The number of hydrogen-bond acceptors (Lipinski definition) is 6. The third-order valence-corrected chi connectivity index (χ3v) is 6.46. The standard InChI is InChI=1S/C27H33N3O4S/c1-17(2)12-13-28-25(32)20-8-11-22-23(14-20)29-27(30(26(22)33)15-18(3)4)35-16-24(31)19-6-9-21(34-5)10-7-19/h6-11,14,17-18H,12-13,15-16H2,1-5H3,(H,28,32). The van der Waals surface area contributed by atoms with Gasteiger partial charge in [0.25, 0.3) is 11.5 Å². The van der Waals surface area contributed by atoms with E-state index in [1.807, 2.05) is 13.8 Å². The number of amides is 1. The van der Waals surface area contributed by atoms with Crippen LogP contribution in [0, 0.1) is 11.8 Å². The average molecular weight is 496 g/mol. The topological polar surface area (TPSA) is 90.3 Å². The predicted molar refractivity (Wildman–Crippen MR) is 141 cm³/mol. The summed E-state index contributed by atoms with van der Waals surface area (Å²) < 4.78 is 6.78. The van der Waals surface area contributed by atoms with Crippen molar-refractivity contribution in [3.8, 4) is 5.75 Å². The molecule has 3 aromatic rings. The van der Waals surface area contributed by atoms with Crippen molar-refractivity contribution in [2.75, 3.05) is 19.4 Å². The van der Waals surface area contributed by atoms with E-state index in [9.17, 15) is 14.4 Å². The molecular weight excluding hydrogens is 462 g/mol. The highest BCUT2D eigenvalue weighted by atomic mass is 32.2. The Hall–Kier alpha value is -3.13. The summed E-state index contributed by atoms with van der Waals surface area (Å²) in [4.78, 5) is 43.4. The number of methoxy groups -OCH3 is 1. The highest BCUT2D eigenvalue weighted by Gasteiger charge is 2.17. The van der Waals surface area contributed by atoms with Gasteiger partial charge in [0.1, 0.15) is 5.75 Å². The number of hydrogen-bond donors (Lipinski definition) is 1. The molecule has 0 spiro atoms. The Labute approximate surface area is 210 Å². The SMILES string of the molecule is COc1ccc(C(=O)CSc2nc3cc(C(=O)NCCC(C)C)ccc3c(=O)n2CC(C)C)cc1. The van der Waals surface area contributed by atoms with Crippen LogP contribution < -0.4 is 15.6 Å². The second kappa shape index (κ2) is 12.0. The summed E-state index contributed by atoms with van der Waals surface area (Å²) >= 11 is 1.23. The van der Waals surface area contributed by atoms with Crippen molar-refractivity contribution in [1.29, 1.82) is 0 Å². The maximum Gasteiger partial charge on any atom is 0.262 e. The van der Waals surface area contributed by atoms with E-state index in [0.29, 0.717) is 51.9 Å². The summed E-state index contributed by atoms with van der Waals surface area (Å²) in [6.07, 6.45) is 0.889. The number of benzene rings is 2. The van der Waals surface area contributed by atoms with Crippen LogP contribution in [-0.4, -0.2) is 40.6 Å². The Bertz CT molecular complexity index is 1250. The van der Waals surface area contributed by atoms with Gasteiger partial charge < -0.3 is 10.1 Å². The van der Waals surface area contributed by atoms with E-state index in [1.54, 1.807) is 54.1 Å². The lowest BCUT2D eigenvalue weighted by atomic mass is 10.1. The summed E-state index contributed by atoms with van der Waals surface area (Å²) in [6.45, 7) is 9.33. The minimum absolute atomic E-state index is 0.0682. The fraction of sp³-hybridized carbons (Fsp3) is 0.407. The zero-order valence-electron chi connectivity index (χ0n) is 21.0. The molecule has 1 heterocycles. The number of carbonyl (C=O) groups is 2. The number of fused-ring (bicyclic) bond motifs is 1. The van der Waals surface area contributed by atoms with Crippen LogP contribution in [0.25, 0.3) is 10.9 Å². The Morgan fingerprint density at radius 3 is 2.34 bits per heavy atom. The van der Waals surface area contributed by atoms with E-state index in [0.717, 1.165) is 6.42 Å². The molecule has 0 atom stereocenters. The van der Waals surface area contributed by atoms with Crippen molar-refractivity contribution in [2.45, 2.75) is 45.8 Å². The van der Waals surface area contributed by atoms with Crippen molar-refractivity contribution < 1.29 is 14.3 Å². The largest absolute Gasteiger partial charge is 0.497 e. The molecule has 186 valence electrons. The number of ketones is 1. The van der Waals surface area contributed by atoms with Gasteiger partial charge in [0.05, 0.1) is 23.8 Å². The molecule has 35 heavy (non-hydrogen) atoms. The number of nitrogens with one attached hydrogen (secondary N) is 1. The van der Waals surface area contributed by atoms with E-state index in [2.05, 4.69) is 19.2 Å². The molecule has 0 saturated heterocycles. The van der Waals surface area contributed by atoms with Crippen molar-refractivity contribution in [1.82, 2.24) is 14.9 Å². The first-order valence-electron chi connectivity index (χ1n) is 11.8. The number of nitrogens with zero attached hydrogens (tertiary/aromatic N) is 2. The predicted octanol–water partition coefficient (Wildman–Crippen LogP) is 4.81. The van der Waals surface area contributed by atoms with Gasteiger partial charge in [-0.2, -0.15) is 0 Å². The fourth-order valence-electron chi connectivity index (χ4n) is 3.55. The van der Waals surface area contributed by atoms with E-state index in [1.165, 1.54) is 11.8 Å². The Morgan fingerprint density at radius 2 is 1.71 bits per heavy atom. The molecular formula is C27H33N3O4S. The lowest BCUT2D eigenvalue weighted by Gasteiger charge is -2.15. The molecule has 2 aromatic carbocycles. The van der Waals surface area contributed by atoms with E-state index < -0.39 is 0 Å². The van der Waals surface area contributed by atoms with Gasteiger partial charge in [-0.3, -0.25) is 19.0 Å². The maximum absolute atomic E-state index is 13.3. The molecule has 0 unspecified atom stereocenters. The molecule has 8 heteroatoms. The van der Waals surface area contributed by atoms with Gasteiger partial charge in [0.2, 0.25) is 0 Å². The van der Waals surface area contributed by atoms with Crippen molar-refractivity contribution in [3.63, 3.8) is 0 Å². The number of aromatic nitrogens is 2. The molecule has 3 rings (SSSR count). The molecule has 1 amide bonds. The molecule has 0 aliphatic carbocycles. The Morgan fingerprint density at radius 1 is 1.03 bits per heavy atom. The maximum atomic E-state index is 13.3. The highest BCUT2D eigenvalue weighted by molar-refractivity contribution is 7.99. The zero-order valence-corrected chi connectivity index (χ0v) is 21.8. The van der Waals surface area contributed by atoms with Crippen molar-refractivity contribution >= 4 is 34.4 Å². The highest BCUT2D eigenvalue weighted by Crippen LogP contribution is 2.22. The molecule has 1 aromatic heterocycles. The third kappa shape index (κ3) is 6.94. The van der Waals surface area contributed by atoms with E-state index in [4.69, 9.17) is 9.72 Å². The molecule has 7 nitrogen and oxygen atoms in total. The molecule has 0 fully saturated rings. The molecule has 0 radical (unpaired) electrons. The minimum atomic E-state index is -0.190. The van der Waals surface area contributed by atoms with Crippen LogP contribution in [0.5, 0.6) is 5.75 Å². The summed E-state index contributed by atoms with van der Waals surface area (Å²) in [7, 11) is 1.58. The summed E-state index contributed by atoms with van der Waals surface area (Å²) in [5.41, 5.74) is 1.30. The molecule has 1 N–H and O–H groups in total. The summed E-state index contributed by atoms with van der Waals surface area (Å²) in [6, 6.07) is 11.9. The van der Waals surface area contributed by atoms with Gasteiger partial charge in [-0.05, 0) is 60.7 Å². The van der Waals surface area contributed by atoms with Crippen LogP contribution in [0.2, 0.25) is 0 Å². The monoisotopic (exact) mass is 495 g/mol. The van der Waals surface area contributed by atoms with Crippen LogP contribution in [-0.2, 0) is 6.54 Å². The number of rotatable bonds is 11. The van der Waals surface area contributed by atoms with Gasteiger partial charge in [0.15, 0.2) is 10.9 Å². The van der Waals surface area contributed by atoms with E-state index in [-0.39, 0.29) is 28.9 Å². The average Bonchev–Trinajstić information content (AvgIpc) is 2.83. The summed E-state index contributed by atoms with van der Waals surface area (Å²) in [5.74, 6) is 1.27. The van der Waals surface area contributed by atoms with E-state index >= 15 is 0 Å². The molecule has 0 saturated carbocycles. The first-order valence-corrected chi connectivity index (χ1v) is 12.8. The molecule has 0 bridgehead atoms. The third-order valence-electron chi connectivity index (χ3n) is 5.48. The number of ether oxygens (including phenoxy) is 1. The van der Waals surface area contributed by atoms with Gasteiger partial charge in [-0.15, -0.1) is 0 Å².